The molecule has 0 bridgehead atoms. The summed E-state index contributed by atoms with van der Waals surface area (Å²) in [4.78, 5) is 60.1. The molecule has 1 aromatic carbocycles. The molecule has 1 fully saturated rings. The quantitative estimate of drug-likeness (QED) is 0.184. The van der Waals surface area contributed by atoms with Crippen LogP contribution >= 0.6 is 0 Å². The number of methoxy groups -OCH3 is 2. The molecule has 14 heteroatoms. The number of benzene rings is 1. The fourth-order valence-electron chi connectivity index (χ4n) is 7.71. The van der Waals surface area contributed by atoms with Gasteiger partial charge in [0, 0.05) is 46.0 Å². The van der Waals surface area contributed by atoms with Crippen LogP contribution in [-0.2, 0) is 35.1 Å². The first kappa shape index (κ1) is 46.0. The third-order valence-corrected chi connectivity index (χ3v) is 10.8. The molecule has 1 aliphatic heterocycles. The monoisotopic (exact) mass is 753 g/mol. The molecule has 2 rings (SSSR count). The van der Waals surface area contributed by atoms with Crippen molar-refractivity contribution in [3.05, 3.63) is 35.4 Å². The number of carbonyl (C=O) groups excluding carboxylic acids is 4. The summed E-state index contributed by atoms with van der Waals surface area (Å²) in [5.74, 6) is -3.47. The lowest BCUT2D eigenvalue weighted by molar-refractivity contribution is -0.148. The minimum absolute atomic E-state index is 0.0123. The summed E-state index contributed by atoms with van der Waals surface area (Å²) in [6, 6.07) is 1.02. The second kappa shape index (κ2) is 21.0. The summed E-state index contributed by atoms with van der Waals surface area (Å²) in [6.45, 7) is 13.7. The van der Waals surface area contributed by atoms with Gasteiger partial charge in [-0.1, -0.05) is 61.0 Å². The summed E-state index contributed by atoms with van der Waals surface area (Å²) >= 11 is 0. The van der Waals surface area contributed by atoms with Gasteiger partial charge < -0.3 is 35.6 Å². The van der Waals surface area contributed by atoms with Crippen molar-refractivity contribution in [1.29, 1.82) is 0 Å². The van der Waals surface area contributed by atoms with E-state index in [9.17, 15) is 28.0 Å². The van der Waals surface area contributed by atoms with Crippen LogP contribution in [-0.4, -0.2) is 129 Å². The van der Waals surface area contributed by atoms with E-state index in [0.29, 0.717) is 12.8 Å². The Morgan fingerprint density at radius 3 is 2.06 bits per heavy atom. The van der Waals surface area contributed by atoms with E-state index < -0.39 is 53.9 Å². The molecule has 0 spiro atoms. The molecular formula is C39H66F2N6O6. The highest BCUT2D eigenvalue weighted by atomic mass is 19.1. The van der Waals surface area contributed by atoms with Gasteiger partial charge in [0.2, 0.25) is 23.6 Å². The molecule has 4 N–H and O–H groups in total. The average molecular weight is 753 g/mol. The second-order valence-corrected chi connectivity index (χ2v) is 15.5. The van der Waals surface area contributed by atoms with E-state index in [1.165, 1.54) is 32.4 Å². The van der Waals surface area contributed by atoms with Gasteiger partial charge in [0.05, 0.1) is 42.7 Å². The largest absolute Gasteiger partial charge is 0.379 e. The average Bonchev–Trinajstić information content (AvgIpc) is 3.48. The Bertz CT molecular complexity index is 1340. The molecule has 1 saturated heterocycles. The maximum Gasteiger partial charge on any atom is 0.245 e. The first-order chi connectivity index (χ1) is 24.8. The number of likely N-dealkylation sites (N-methyl/N-ethyl adjacent to an activating group) is 2. The predicted molar refractivity (Wildman–Crippen MR) is 202 cm³/mol. The molecule has 1 unspecified atom stereocenters. The highest BCUT2D eigenvalue weighted by Crippen LogP contribution is 2.29. The number of hydrogen-bond acceptors (Lipinski definition) is 8. The number of nitrogens with one attached hydrogen (secondary N) is 2. The molecule has 0 aromatic heterocycles. The van der Waals surface area contributed by atoms with Crippen molar-refractivity contribution in [2.45, 2.75) is 117 Å². The Morgan fingerprint density at radius 1 is 0.962 bits per heavy atom. The first-order valence-corrected chi connectivity index (χ1v) is 18.9. The van der Waals surface area contributed by atoms with Gasteiger partial charge in [0.1, 0.15) is 17.7 Å². The van der Waals surface area contributed by atoms with E-state index in [4.69, 9.17) is 15.2 Å². The number of carbonyl (C=O) groups is 4. The minimum Gasteiger partial charge on any atom is -0.379 e. The Balaban J connectivity index is 2.26. The number of hydrogen-bond donors (Lipinski definition) is 3. The van der Waals surface area contributed by atoms with Crippen molar-refractivity contribution in [2.24, 2.45) is 29.4 Å². The summed E-state index contributed by atoms with van der Waals surface area (Å²) < 4.78 is 40.0. The molecular weight excluding hydrogens is 686 g/mol. The number of likely N-dealkylation sites (tertiary alicyclic amines) is 1. The molecule has 0 saturated carbocycles. The zero-order chi connectivity index (χ0) is 40.3. The molecule has 1 aliphatic rings. The molecule has 0 aliphatic carbocycles. The Kier molecular flexibility index (Phi) is 18.2. The van der Waals surface area contributed by atoms with Gasteiger partial charge in [0.15, 0.2) is 0 Å². The maximum absolute atomic E-state index is 14.2. The van der Waals surface area contributed by atoms with Crippen molar-refractivity contribution in [3.63, 3.8) is 0 Å². The third kappa shape index (κ3) is 11.9. The predicted octanol–water partition coefficient (Wildman–Crippen LogP) is 3.21. The SMILES string of the molecule is CC[C@H](C)C([C@@H](CC(=O)N1C[C@@H](N)C[C@H]1[C@H](OC)[C@@H](C)C(=O)NCCc1c(F)cccc1F)OC)N(C)C(=O)[C@@H](NC(=O)[C@H](C(C)C)N(C)C)C(C)C. The molecule has 9 atom stereocenters. The van der Waals surface area contributed by atoms with Crippen LogP contribution in [0.1, 0.15) is 73.3 Å². The van der Waals surface area contributed by atoms with Gasteiger partial charge in [0.25, 0.3) is 0 Å². The molecule has 4 amide bonds. The lowest BCUT2D eigenvalue weighted by Gasteiger charge is -2.41. The minimum atomic E-state index is -0.796. The van der Waals surface area contributed by atoms with E-state index in [1.807, 2.05) is 60.5 Å². The van der Waals surface area contributed by atoms with Crippen LogP contribution in [0.2, 0.25) is 0 Å². The van der Waals surface area contributed by atoms with Crippen molar-refractivity contribution >= 4 is 23.6 Å². The van der Waals surface area contributed by atoms with E-state index >= 15 is 0 Å². The number of amides is 4. The highest BCUT2D eigenvalue weighted by molar-refractivity contribution is 5.90. The number of halogens is 2. The highest BCUT2D eigenvalue weighted by Gasteiger charge is 2.45. The molecule has 1 aromatic rings. The molecule has 1 heterocycles. The molecule has 302 valence electrons. The lowest BCUT2D eigenvalue weighted by atomic mass is 9.89. The summed E-state index contributed by atoms with van der Waals surface area (Å²) in [5, 5.41) is 5.76. The zero-order valence-corrected chi connectivity index (χ0v) is 33.9. The van der Waals surface area contributed by atoms with Crippen LogP contribution in [0.5, 0.6) is 0 Å². The number of ether oxygens (including phenoxy) is 2. The smallest absolute Gasteiger partial charge is 0.245 e. The number of nitrogens with zero attached hydrogens (tertiary/aromatic N) is 3. The van der Waals surface area contributed by atoms with E-state index in [-0.39, 0.29) is 78.9 Å². The second-order valence-electron chi connectivity index (χ2n) is 15.5. The van der Waals surface area contributed by atoms with Gasteiger partial charge in [-0.2, -0.15) is 0 Å². The van der Waals surface area contributed by atoms with Crippen molar-refractivity contribution in [1.82, 2.24) is 25.3 Å². The maximum atomic E-state index is 14.2. The van der Waals surface area contributed by atoms with Crippen LogP contribution < -0.4 is 16.4 Å². The molecule has 53 heavy (non-hydrogen) atoms. The van der Waals surface area contributed by atoms with Crippen LogP contribution in [0.3, 0.4) is 0 Å². The van der Waals surface area contributed by atoms with Crippen LogP contribution in [0, 0.1) is 35.3 Å². The Morgan fingerprint density at radius 2 is 1.57 bits per heavy atom. The summed E-state index contributed by atoms with van der Waals surface area (Å²) in [7, 11) is 8.36. The van der Waals surface area contributed by atoms with Gasteiger partial charge >= 0.3 is 0 Å². The van der Waals surface area contributed by atoms with E-state index in [0.717, 1.165) is 0 Å². The standard InChI is InChI=1S/C39H66F2N6O6/c1-13-24(6)35(46(10)39(51)33(22(2)3)44-38(50)34(23(4)5)45(8)9)31(52-11)20-32(48)47-21-26(42)19-30(47)36(53-12)25(7)37(49)43-18-17-27-28(40)15-14-16-29(27)41/h14-16,22-26,30-31,33-36H,13,17-21,42H2,1-12H3,(H,43,49)(H,44,50)/t24-,25+,26-,30-,31+,33-,34-,35?,36+/m0/s1. The van der Waals surface area contributed by atoms with Crippen LogP contribution in [0.25, 0.3) is 0 Å². The van der Waals surface area contributed by atoms with Gasteiger partial charge in [-0.3, -0.25) is 24.1 Å². The fourth-order valence-corrected chi connectivity index (χ4v) is 7.71. The van der Waals surface area contributed by atoms with E-state index in [1.54, 1.807) is 23.8 Å². The van der Waals surface area contributed by atoms with Crippen molar-refractivity contribution in [2.75, 3.05) is 48.5 Å². The number of rotatable bonds is 20. The van der Waals surface area contributed by atoms with Gasteiger partial charge in [-0.05, 0) is 56.8 Å². The Hall–Kier alpha value is -3.20. The van der Waals surface area contributed by atoms with Crippen molar-refractivity contribution in [3.8, 4) is 0 Å². The fraction of sp³-hybridized carbons (Fsp3) is 0.744. The number of nitrogens with two attached hydrogens (primary N) is 1. The summed E-state index contributed by atoms with van der Waals surface area (Å²) in [6.07, 6.45) is -0.415. The van der Waals surface area contributed by atoms with Crippen molar-refractivity contribution < 1.29 is 37.4 Å². The topological polar surface area (TPSA) is 147 Å². The zero-order valence-electron chi connectivity index (χ0n) is 33.9. The molecule has 12 nitrogen and oxygen atoms in total. The summed E-state index contributed by atoms with van der Waals surface area (Å²) in [5.41, 5.74) is 6.29. The van der Waals surface area contributed by atoms with Crippen LogP contribution in [0.15, 0.2) is 18.2 Å². The van der Waals surface area contributed by atoms with Gasteiger partial charge in [-0.25, -0.2) is 8.78 Å². The first-order valence-electron chi connectivity index (χ1n) is 18.9. The van der Waals surface area contributed by atoms with E-state index in [2.05, 4.69) is 10.6 Å². The van der Waals surface area contributed by atoms with Crippen LogP contribution in [0.4, 0.5) is 8.78 Å². The van der Waals surface area contributed by atoms with Gasteiger partial charge in [-0.15, -0.1) is 0 Å². The lowest BCUT2D eigenvalue weighted by Crippen LogP contribution is -2.59. The Labute approximate surface area is 315 Å². The third-order valence-electron chi connectivity index (χ3n) is 10.8. The molecule has 0 radical (unpaired) electrons. The normalized spacial score (nSPS) is 20.2.